The summed E-state index contributed by atoms with van der Waals surface area (Å²) >= 11 is 8.40. The van der Waals surface area contributed by atoms with Crippen LogP contribution in [-0.4, -0.2) is 95.0 Å². The normalized spacial score (nSPS) is 37.1. The molecule has 7 rings (SSSR count). The Morgan fingerprint density at radius 2 is 1.70 bits per heavy atom. The number of H-pyrrole nitrogens is 1. The van der Waals surface area contributed by atoms with Crippen LogP contribution in [-0.2, 0) is 36.7 Å². The summed E-state index contributed by atoms with van der Waals surface area (Å²) in [6.45, 7) is -9.16. The van der Waals surface area contributed by atoms with Gasteiger partial charge in [0.15, 0.2) is 28.9 Å². The van der Waals surface area contributed by atoms with E-state index in [2.05, 4.69) is 54.4 Å². The van der Waals surface area contributed by atoms with Gasteiger partial charge >= 0.3 is 13.6 Å². The van der Waals surface area contributed by atoms with Crippen molar-refractivity contribution in [2.75, 3.05) is 31.8 Å². The van der Waals surface area contributed by atoms with Crippen molar-refractivity contribution in [2.45, 2.75) is 49.2 Å². The Kier molecular flexibility index (Phi) is 8.21. The summed E-state index contributed by atoms with van der Waals surface area (Å²) in [5, 5.41) is 11.4. The van der Waals surface area contributed by atoms with Crippen LogP contribution in [0, 0.1) is 5.92 Å². The van der Waals surface area contributed by atoms with Gasteiger partial charge in [-0.05, 0) is 6.42 Å². The van der Waals surface area contributed by atoms with Crippen molar-refractivity contribution in [1.29, 1.82) is 0 Å². The van der Waals surface area contributed by atoms with E-state index in [-0.39, 0.29) is 36.0 Å². The molecule has 0 aromatic carbocycles. The van der Waals surface area contributed by atoms with Crippen LogP contribution in [0.5, 0.6) is 0 Å². The van der Waals surface area contributed by atoms with Gasteiger partial charge in [0, 0.05) is 13.0 Å². The maximum atomic E-state index is 13.8. The highest BCUT2D eigenvalue weighted by molar-refractivity contribution is 8.44. The first-order valence-corrected chi connectivity index (χ1v) is 19.1. The summed E-state index contributed by atoms with van der Waals surface area (Å²) in [5.41, 5.74) is 11.8. The molecule has 4 aromatic rings. The van der Waals surface area contributed by atoms with Gasteiger partial charge in [-0.25, -0.2) is 29.1 Å². The van der Waals surface area contributed by atoms with Crippen LogP contribution >= 0.6 is 38.1 Å². The molecule has 4 aromatic heterocycles. The SMILES string of the molecule is CO[C@H]1[C@H]2O[P@](=O)(S)OC[C@H]3C[C@@H](n4cnc5c(N)ncnc54)[C@H](O)[C@@H]3O[P@@](=O)(S)OC[C@H]1O[C@H]2n1cnc2c(=O)[nH]c(N)nc21. The van der Waals surface area contributed by atoms with E-state index in [1.165, 1.54) is 30.7 Å². The molecule has 46 heavy (non-hydrogen) atoms. The first kappa shape index (κ1) is 32.0. The molecule has 0 spiro atoms. The van der Waals surface area contributed by atoms with E-state index in [9.17, 15) is 19.0 Å². The van der Waals surface area contributed by atoms with Gasteiger partial charge in [-0.1, -0.05) is 24.5 Å². The average Bonchev–Trinajstić information content (AvgIpc) is 3.75. The molecule has 6 N–H and O–H groups in total. The molecule has 24 heteroatoms. The Morgan fingerprint density at radius 3 is 2.46 bits per heavy atom. The number of rotatable bonds is 3. The van der Waals surface area contributed by atoms with E-state index in [1.54, 1.807) is 4.57 Å². The van der Waals surface area contributed by atoms with Crippen LogP contribution in [0.15, 0.2) is 23.8 Å². The van der Waals surface area contributed by atoms with Crippen molar-refractivity contribution in [3.05, 3.63) is 29.3 Å². The Labute approximate surface area is 268 Å². The highest BCUT2D eigenvalue weighted by Crippen LogP contribution is 2.61. The Bertz CT molecular complexity index is 1960. The van der Waals surface area contributed by atoms with Gasteiger partial charge in [-0.2, -0.15) is 4.98 Å². The molecule has 3 aliphatic rings. The van der Waals surface area contributed by atoms with E-state index in [1.807, 2.05) is 0 Å². The van der Waals surface area contributed by atoms with Gasteiger partial charge in [0.2, 0.25) is 5.95 Å². The van der Waals surface area contributed by atoms with Crippen molar-refractivity contribution >= 4 is 72.2 Å². The monoisotopic (exact) mass is 718 g/mol. The largest absolute Gasteiger partial charge is 0.388 e. The quantitative estimate of drug-likeness (QED) is 0.127. The van der Waals surface area contributed by atoms with Gasteiger partial charge in [0.25, 0.3) is 5.56 Å². The number of thiol groups is 2. The van der Waals surface area contributed by atoms with Crippen LogP contribution < -0.4 is 17.0 Å². The third-order valence-corrected chi connectivity index (χ3v) is 11.4. The average molecular weight is 719 g/mol. The molecule has 10 atom stereocenters. The molecule has 2 bridgehead atoms. The number of aliphatic hydroxyl groups is 1. The molecule has 0 amide bonds. The molecule has 0 radical (unpaired) electrons. The summed E-state index contributed by atoms with van der Waals surface area (Å²) in [6.07, 6.45) is -2.71. The van der Waals surface area contributed by atoms with Crippen LogP contribution in [0.1, 0.15) is 18.7 Å². The molecule has 20 nitrogen and oxygen atoms in total. The number of nitrogens with one attached hydrogen (secondary N) is 1. The number of hydrogen-bond acceptors (Lipinski definition) is 17. The highest BCUT2D eigenvalue weighted by atomic mass is 32.7. The zero-order chi connectivity index (χ0) is 32.5. The van der Waals surface area contributed by atoms with E-state index < -0.39 is 74.5 Å². The number of nitrogens with zero attached hydrogens (tertiary/aromatic N) is 7. The fraction of sp³-hybridized carbons (Fsp3) is 0.545. The number of imidazole rings is 2. The van der Waals surface area contributed by atoms with Gasteiger partial charge in [0.05, 0.1) is 31.9 Å². The summed E-state index contributed by atoms with van der Waals surface area (Å²) in [4.78, 5) is 35.5. The maximum absolute atomic E-state index is 13.8. The topological polar surface area (TPSA) is 269 Å². The number of aromatic nitrogens is 8. The number of nitrogen functional groups attached to an aromatic ring is 2. The third-order valence-electron chi connectivity index (χ3n) is 8.13. The Morgan fingerprint density at radius 1 is 1.00 bits per heavy atom. The van der Waals surface area contributed by atoms with Gasteiger partial charge in [-0.15, -0.1) is 0 Å². The standard InChI is InChI=1S/C22H28N10O10P2S2/c1-37-15-10-4-39-44(36,46)41-14-8(2-9(13(14)33)31-6-27-11-17(23)25-5-26-18(11)31)3-38-43(35,45)42-16(15)21(40-10)32-7-28-12-19(32)29-22(24)30-20(12)34/h5-10,13-16,21,33H,2-4H2,1H3,(H,35,45)(H,36,46)(H2,23,25,26)(H3,24,29,30,34)/t8-,9-,10-,13+,14-,15-,16-,21-,43-,44+/m1/s1. The molecule has 248 valence electrons. The molecule has 2 aliphatic heterocycles. The second kappa shape index (κ2) is 11.8. The van der Waals surface area contributed by atoms with Crippen molar-refractivity contribution in [3.8, 4) is 0 Å². The van der Waals surface area contributed by atoms with Crippen molar-refractivity contribution < 1.29 is 41.8 Å². The lowest BCUT2D eigenvalue weighted by Gasteiger charge is -2.27. The predicted octanol–water partition coefficient (Wildman–Crippen LogP) is 0.851. The zero-order valence-corrected chi connectivity index (χ0v) is 27.2. The smallest absolute Gasteiger partial charge is 0.386 e. The van der Waals surface area contributed by atoms with Crippen LogP contribution in [0.4, 0.5) is 11.8 Å². The molecule has 0 unspecified atom stereocenters. The first-order valence-electron chi connectivity index (χ1n) is 13.7. The maximum Gasteiger partial charge on any atom is 0.386 e. The van der Waals surface area contributed by atoms with Crippen molar-refractivity contribution in [2.24, 2.45) is 5.92 Å². The molecule has 1 aliphatic carbocycles. The van der Waals surface area contributed by atoms with Gasteiger partial charge in [0.1, 0.15) is 42.4 Å². The number of methoxy groups -OCH3 is 1. The van der Waals surface area contributed by atoms with Crippen LogP contribution in [0.2, 0.25) is 0 Å². The lowest BCUT2D eigenvalue weighted by Crippen LogP contribution is -2.37. The molecule has 2 saturated heterocycles. The highest BCUT2D eigenvalue weighted by Gasteiger charge is 2.53. The molecule has 6 heterocycles. The molecule has 1 saturated carbocycles. The van der Waals surface area contributed by atoms with Crippen LogP contribution in [0.25, 0.3) is 22.3 Å². The number of nitrogens with two attached hydrogens (primary N) is 2. The fourth-order valence-electron chi connectivity index (χ4n) is 6.10. The van der Waals surface area contributed by atoms with E-state index in [0.717, 1.165) is 0 Å². The third kappa shape index (κ3) is 5.64. The van der Waals surface area contributed by atoms with E-state index in [4.69, 9.17) is 39.0 Å². The van der Waals surface area contributed by atoms with Crippen LogP contribution in [0.3, 0.4) is 0 Å². The van der Waals surface area contributed by atoms with Gasteiger partial charge < -0.3 is 35.1 Å². The second-order valence-electron chi connectivity index (χ2n) is 10.8. The van der Waals surface area contributed by atoms with E-state index >= 15 is 0 Å². The fourth-order valence-corrected chi connectivity index (χ4v) is 9.13. The molecular formula is C22H28N10O10P2S2. The van der Waals surface area contributed by atoms with Crippen molar-refractivity contribution in [1.82, 2.24) is 39.0 Å². The van der Waals surface area contributed by atoms with Crippen molar-refractivity contribution in [3.63, 3.8) is 0 Å². The first-order chi connectivity index (χ1) is 21.9. The minimum Gasteiger partial charge on any atom is -0.388 e. The molecular weight excluding hydrogens is 690 g/mol. The van der Waals surface area contributed by atoms with E-state index in [0.29, 0.717) is 11.2 Å². The minimum absolute atomic E-state index is 0.0432. The number of hydrogen-bond donors (Lipinski definition) is 6. The number of fused-ring (bicyclic) bond motifs is 5. The lowest BCUT2D eigenvalue weighted by molar-refractivity contribution is -0.0543. The summed E-state index contributed by atoms with van der Waals surface area (Å²) in [5.74, 6) is -0.744. The minimum atomic E-state index is -4.23. The second-order valence-corrected chi connectivity index (χ2v) is 16.6. The summed E-state index contributed by atoms with van der Waals surface area (Å²) in [6, 6.07) is -0.710. The van der Waals surface area contributed by atoms with Gasteiger partial charge in [-0.3, -0.25) is 27.9 Å². The Hall–Kier alpha value is -2.62. The zero-order valence-electron chi connectivity index (χ0n) is 23.7. The molecule has 3 fully saturated rings. The predicted molar refractivity (Wildman–Crippen MR) is 165 cm³/mol. The number of aliphatic hydroxyl groups excluding tert-OH is 1. The summed E-state index contributed by atoms with van der Waals surface area (Å²) in [7, 11) is 1.35. The number of aromatic amines is 1. The lowest BCUT2D eigenvalue weighted by atomic mass is 10.1. The summed E-state index contributed by atoms with van der Waals surface area (Å²) < 4.78 is 65.3. The number of ether oxygens (including phenoxy) is 2. The number of anilines is 2. The Balaban J connectivity index is 1.22.